The third-order valence-corrected chi connectivity index (χ3v) is 5.94. The number of rotatable bonds is 5. The Morgan fingerprint density at radius 1 is 1.13 bits per heavy atom. The molecule has 0 spiro atoms. The number of para-hydroxylation sites is 1. The summed E-state index contributed by atoms with van der Waals surface area (Å²) in [4.78, 5) is 35.8. The molecule has 1 amide bonds. The van der Waals surface area contributed by atoms with Gasteiger partial charge in [0, 0.05) is 11.3 Å². The van der Waals surface area contributed by atoms with Gasteiger partial charge in [0.05, 0.1) is 17.6 Å². The van der Waals surface area contributed by atoms with Gasteiger partial charge in [-0.3, -0.25) is 19.1 Å². The van der Waals surface area contributed by atoms with Crippen molar-refractivity contribution in [1.29, 1.82) is 0 Å². The van der Waals surface area contributed by atoms with E-state index in [0.29, 0.717) is 21.1 Å². The minimum atomic E-state index is -0.434. The van der Waals surface area contributed by atoms with Crippen LogP contribution in [0.4, 0.5) is 9.52 Å². The number of aryl methyl sites for hydroxylation is 1. The first-order valence-corrected chi connectivity index (χ1v) is 10.2. The maximum absolute atomic E-state index is 14.2. The lowest BCUT2D eigenvalue weighted by Crippen LogP contribution is -2.37. The Balaban J connectivity index is 1.73. The van der Waals surface area contributed by atoms with Crippen LogP contribution in [0.3, 0.4) is 0 Å². The second-order valence-electron chi connectivity index (χ2n) is 6.94. The van der Waals surface area contributed by atoms with E-state index < -0.39 is 5.82 Å². The van der Waals surface area contributed by atoms with Crippen LogP contribution in [-0.2, 0) is 17.9 Å². The van der Waals surface area contributed by atoms with Crippen molar-refractivity contribution in [2.45, 2.75) is 26.9 Å². The maximum atomic E-state index is 14.2. The number of halogens is 1. The van der Waals surface area contributed by atoms with Crippen molar-refractivity contribution in [2.24, 2.45) is 0 Å². The molecule has 6 nitrogen and oxygen atoms in total. The van der Waals surface area contributed by atoms with Crippen LogP contribution in [0.2, 0.25) is 0 Å². The Kier molecular flexibility index (Phi) is 5.41. The van der Waals surface area contributed by atoms with E-state index >= 15 is 0 Å². The van der Waals surface area contributed by atoms with Gasteiger partial charge in [0.15, 0.2) is 5.13 Å². The molecule has 152 valence electrons. The van der Waals surface area contributed by atoms with Gasteiger partial charge >= 0.3 is 0 Å². The fourth-order valence-electron chi connectivity index (χ4n) is 3.07. The fraction of sp³-hybridized carbons (Fsp3) is 0.182. The summed E-state index contributed by atoms with van der Waals surface area (Å²) in [6, 6.07) is 14.2. The zero-order valence-electron chi connectivity index (χ0n) is 16.5. The molecule has 0 atom stereocenters. The van der Waals surface area contributed by atoms with E-state index in [9.17, 15) is 14.0 Å². The summed E-state index contributed by atoms with van der Waals surface area (Å²) in [5, 5.41) is 0.383. The number of carbonyl (C=O) groups excluding carboxylic acids is 1. The Bertz CT molecular complexity index is 1280. The number of anilines is 1. The van der Waals surface area contributed by atoms with Gasteiger partial charge in [-0.05, 0) is 31.5 Å². The van der Waals surface area contributed by atoms with Crippen molar-refractivity contribution < 1.29 is 9.18 Å². The summed E-state index contributed by atoms with van der Waals surface area (Å²) in [5.74, 6) is -0.762. The highest BCUT2D eigenvalue weighted by Gasteiger charge is 2.22. The van der Waals surface area contributed by atoms with Gasteiger partial charge in [0.25, 0.3) is 5.56 Å². The van der Waals surface area contributed by atoms with Crippen molar-refractivity contribution in [3.05, 3.63) is 87.9 Å². The molecule has 0 aliphatic heterocycles. The second kappa shape index (κ2) is 8.16. The summed E-state index contributed by atoms with van der Waals surface area (Å²) in [6.07, 6.45) is 1.38. The van der Waals surface area contributed by atoms with Gasteiger partial charge in [0.1, 0.15) is 17.9 Å². The lowest BCUT2D eigenvalue weighted by Gasteiger charge is -2.20. The zero-order chi connectivity index (χ0) is 21.3. The van der Waals surface area contributed by atoms with Crippen molar-refractivity contribution in [3.63, 3.8) is 0 Å². The molecule has 30 heavy (non-hydrogen) atoms. The standard InChI is InChI=1S/C22H19FN4O2S/c1-14-15(2)24-13-26(21(14)29)12-19(28)27(11-16-7-4-3-5-8-16)22-25-20-17(23)9-6-10-18(20)30-22/h3-10,13H,11-12H2,1-2H3. The Hall–Kier alpha value is -3.39. The van der Waals surface area contributed by atoms with Crippen LogP contribution in [0.25, 0.3) is 10.2 Å². The first kappa shape index (κ1) is 19.9. The van der Waals surface area contributed by atoms with Crippen LogP contribution in [0.1, 0.15) is 16.8 Å². The number of hydrogen-bond acceptors (Lipinski definition) is 5. The third kappa shape index (κ3) is 3.86. The predicted octanol–water partition coefficient (Wildman–Crippen LogP) is 3.84. The van der Waals surface area contributed by atoms with Crippen LogP contribution in [0.5, 0.6) is 0 Å². The van der Waals surface area contributed by atoms with E-state index in [4.69, 9.17) is 0 Å². The molecular formula is C22H19FN4O2S. The topological polar surface area (TPSA) is 68.1 Å². The van der Waals surface area contributed by atoms with E-state index in [2.05, 4.69) is 9.97 Å². The van der Waals surface area contributed by atoms with Gasteiger partial charge in [-0.25, -0.2) is 14.4 Å². The van der Waals surface area contributed by atoms with E-state index in [1.165, 1.54) is 33.2 Å². The lowest BCUT2D eigenvalue weighted by atomic mass is 10.2. The zero-order valence-corrected chi connectivity index (χ0v) is 17.3. The lowest BCUT2D eigenvalue weighted by molar-refractivity contribution is -0.119. The molecule has 4 rings (SSSR count). The summed E-state index contributed by atoms with van der Waals surface area (Å²) in [7, 11) is 0. The predicted molar refractivity (Wildman–Crippen MR) is 115 cm³/mol. The molecule has 0 bridgehead atoms. The van der Waals surface area contributed by atoms with Gasteiger partial charge < -0.3 is 0 Å². The molecule has 0 fully saturated rings. The Morgan fingerprint density at radius 3 is 2.63 bits per heavy atom. The largest absolute Gasteiger partial charge is 0.289 e. The van der Waals surface area contributed by atoms with Crippen molar-refractivity contribution in [1.82, 2.24) is 14.5 Å². The van der Waals surface area contributed by atoms with Crippen molar-refractivity contribution >= 4 is 32.6 Å². The molecule has 0 saturated heterocycles. The number of nitrogens with zero attached hydrogens (tertiary/aromatic N) is 4. The minimum Gasteiger partial charge on any atom is -0.289 e. The fourth-order valence-corrected chi connectivity index (χ4v) is 4.06. The molecule has 4 aromatic rings. The summed E-state index contributed by atoms with van der Waals surface area (Å²) >= 11 is 1.24. The molecular weight excluding hydrogens is 403 g/mol. The molecule has 0 radical (unpaired) electrons. The third-order valence-electron chi connectivity index (χ3n) is 4.89. The van der Waals surface area contributed by atoms with Gasteiger partial charge in [0.2, 0.25) is 5.91 Å². The Labute approximate surface area is 176 Å². The highest BCUT2D eigenvalue weighted by Crippen LogP contribution is 2.31. The molecule has 0 aliphatic rings. The average molecular weight is 422 g/mol. The maximum Gasteiger partial charge on any atom is 0.256 e. The normalized spacial score (nSPS) is 11.0. The van der Waals surface area contributed by atoms with Gasteiger partial charge in [-0.1, -0.05) is 47.7 Å². The first-order chi connectivity index (χ1) is 14.4. The monoisotopic (exact) mass is 422 g/mol. The minimum absolute atomic E-state index is 0.182. The van der Waals surface area contributed by atoms with Crippen molar-refractivity contribution in [2.75, 3.05) is 4.90 Å². The van der Waals surface area contributed by atoms with Crippen LogP contribution < -0.4 is 10.5 Å². The van der Waals surface area contributed by atoms with Crippen LogP contribution in [0.15, 0.2) is 59.7 Å². The Morgan fingerprint density at radius 2 is 1.90 bits per heavy atom. The number of thiazole rings is 1. The molecule has 0 saturated carbocycles. The molecule has 0 N–H and O–H groups in total. The SMILES string of the molecule is Cc1ncn(CC(=O)N(Cc2ccccc2)c2nc3c(F)cccc3s2)c(=O)c1C. The summed E-state index contributed by atoms with van der Waals surface area (Å²) < 4.78 is 16.1. The van der Waals surface area contributed by atoms with E-state index in [-0.39, 0.29) is 30.1 Å². The highest BCUT2D eigenvalue weighted by atomic mass is 32.1. The molecule has 8 heteroatoms. The van der Waals surface area contributed by atoms with Gasteiger partial charge in [-0.15, -0.1) is 0 Å². The van der Waals surface area contributed by atoms with Crippen molar-refractivity contribution in [3.8, 4) is 0 Å². The average Bonchev–Trinajstić information content (AvgIpc) is 3.18. The van der Waals surface area contributed by atoms with E-state index in [1.807, 2.05) is 30.3 Å². The first-order valence-electron chi connectivity index (χ1n) is 9.36. The van der Waals surface area contributed by atoms with E-state index in [0.717, 1.165) is 5.56 Å². The smallest absolute Gasteiger partial charge is 0.256 e. The molecule has 2 heterocycles. The summed E-state index contributed by atoms with van der Waals surface area (Å²) in [6.45, 7) is 3.51. The molecule has 0 unspecified atom stereocenters. The number of amides is 1. The van der Waals surface area contributed by atoms with Crippen LogP contribution >= 0.6 is 11.3 Å². The number of aromatic nitrogens is 3. The summed E-state index contributed by atoms with van der Waals surface area (Å²) in [5.41, 5.74) is 2.00. The molecule has 2 aromatic carbocycles. The number of fused-ring (bicyclic) bond motifs is 1. The molecule has 0 aliphatic carbocycles. The van der Waals surface area contributed by atoms with E-state index in [1.54, 1.807) is 26.0 Å². The number of benzene rings is 2. The quantitative estimate of drug-likeness (QED) is 0.490. The molecule has 2 aromatic heterocycles. The number of hydrogen-bond donors (Lipinski definition) is 0. The van der Waals surface area contributed by atoms with Crippen LogP contribution in [-0.4, -0.2) is 20.4 Å². The highest BCUT2D eigenvalue weighted by molar-refractivity contribution is 7.22. The van der Waals surface area contributed by atoms with Crippen LogP contribution in [0, 0.1) is 19.7 Å². The van der Waals surface area contributed by atoms with Gasteiger partial charge in [-0.2, -0.15) is 0 Å². The second-order valence-corrected chi connectivity index (χ2v) is 7.95. The number of carbonyl (C=O) groups is 1.